The normalized spacial score (nSPS) is 13.6. The molecule has 0 aromatic heterocycles. The summed E-state index contributed by atoms with van der Waals surface area (Å²) in [5, 5.41) is 0. The highest BCUT2D eigenvalue weighted by Crippen LogP contribution is 2.11. The van der Waals surface area contributed by atoms with Gasteiger partial charge in [-0.3, -0.25) is 4.55 Å². The summed E-state index contributed by atoms with van der Waals surface area (Å²) in [6.07, 6.45) is 1.30. The lowest BCUT2D eigenvalue weighted by molar-refractivity contribution is 0.173. The molecule has 0 bridgehead atoms. The largest absolute Gasteiger partial charge is 0.302 e. The molecule has 0 aromatic carbocycles. The van der Waals surface area contributed by atoms with Crippen LogP contribution in [0.5, 0.6) is 0 Å². The average molecular weight is 223 g/mol. The van der Waals surface area contributed by atoms with Gasteiger partial charge >= 0.3 is 0 Å². The zero-order valence-electron chi connectivity index (χ0n) is 9.45. The van der Waals surface area contributed by atoms with Crippen molar-refractivity contribution >= 4 is 10.1 Å². The topological polar surface area (TPSA) is 57.6 Å². The van der Waals surface area contributed by atoms with Gasteiger partial charge < -0.3 is 4.90 Å². The van der Waals surface area contributed by atoms with Crippen LogP contribution < -0.4 is 0 Å². The molecule has 1 N–H and O–H groups in total. The number of nitrogens with zero attached hydrogens (tertiary/aromatic N) is 1. The lowest BCUT2D eigenvalue weighted by Crippen LogP contribution is -2.38. The molecular weight excluding hydrogens is 202 g/mol. The Morgan fingerprint density at radius 2 is 1.71 bits per heavy atom. The Hall–Kier alpha value is -0.130. The van der Waals surface area contributed by atoms with Crippen molar-refractivity contribution in [2.75, 3.05) is 19.3 Å². The molecule has 0 saturated carbocycles. The van der Waals surface area contributed by atoms with Crippen molar-refractivity contribution in [1.82, 2.24) is 4.90 Å². The third-order valence-electron chi connectivity index (χ3n) is 2.29. The zero-order chi connectivity index (χ0) is 11.4. The zero-order valence-corrected chi connectivity index (χ0v) is 10.3. The molecule has 0 aliphatic rings. The number of hydrogen-bond acceptors (Lipinski definition) is 3. The molecule has 0 atom stereocenters. The molecule has 0 amide bonds. The molecule has 0 radical (unpaired) electrons. The molecule has 0 unspecified atom stereocenters. The number of rotatable bonds is 5. The van der Waals surface area contributed by atoms with Gasteiger partial charge in [0.15, 0.2) is 0 Å². The van der Waals surface area contributed by atoms with Crippen LogP contribution in [-0.2, 0) is 10.1 Å². The number of hydrogen-bond donors (Lipinski definition) is 1. The van der Waals surface area contributed by atoms with Crippen LogP contribution in [0.25, 0.3) is 0 Å². The van der Waals surface area contributed by atoms with E-state index < -0.39 is 10.1 Å². The van der Waals surface area contributed by atoms with Crippen molar-refractivity contribution < 1.29 is 13.0 Å². The van der Waals surface area contributed by atoms with Gasteiger partial charge in [0, 0.05) is 5.54 Å². The Kier molecular flexibility index (Phi) is 5.05. The second kappa shape index (κ2) is 5.09. The van der Waals surface area contributed by atoms with Crippen LogP contribution in [0.4, 0.5) is 0 Å². The minimum Gasteiger partial charge on any atom is -0.302 e. The Morgan fingerprint density at radius 3 is 2.07 bits per heavy atom. The molecule has 0 aromatic rings. The lowest BCUT2D eigenvalue weighted by atomic mass is 10.1. The van der Waals surface area contributed by atoms with Gasteiger partial charge in [0.25, 0.3) is 10.1 Å². The maximum absolute atomic E-state index is 10.4. The van der Waals surface area contributed by atoms with Crippen LogP contribution >= 0.6 is 0 Å². The van der Waals surface area contributed by atoms with Crippen molar-refractivity contribution in [3.05, 3.63) is 0 Å². The minimum atomic E-state index is -3.78. The van der Waals surface area contributed by atoms with E-state index in [4.69, 9.17) is 4.55 Å². The van der Waals surface area contributed by atoms with E-state index in [1.54, 1.807) is 0 Å². The Bertz CT molecular complexity index is 254. The van der Waals surface area contributed by atoms with E-state index >= 15 is 0 Å². The Morgan fingerprint density at radius 1 is 1.21 bits per heavy atom. The van der Waals surface area contributed by atoms with Crippen LogP contribution in [0, 0.1) is 0 Å². The fraction of sp³-hybridized carbons (Fsp3) is 1.00. The van der Waals surface area contributed by atoms with Gasteiger partial charge in [-0.15, -0.1) is 0 Å². The first-order valence-corrected chi connectivity index (χ1v) is 6.40. The van der Waals surface area contributed by atoms with Gasteiger partial charge in [-0.05, 0) is 47.2 Å². The summed E-state index contributed by atoms with van der Waals surface area (Å²) in [5.74, 6) is -0.134. The molecule has 5 heteroatoms. The molecule has 86 valence electrons. The second-order valence-corrected chi connectivity index (χ2v) is 6.16. The molecule has 14 heavy (non-hydrogen) atoms. The predicted molar refractivity (Wildman–Crippen MR) is 58.0 cm³/mol. The minimum absolute atomic E-state index is 0.109. The van der Waals surface area contributed by atoms with Crippen molar-refractivity contribution in [3.63, 3.8) is 0 Å². The molecule has 0 fully saturated rings. The van der Waals surface area contributed by atoms with Crippen molar-refractivity contribution in [2.45, 2.75) is 39.2 Å². The predicted octanol–water partition coefficient (Wildman–Crippen LogP) is 1.38. The summed E-state index contributed by atoms with van der Waals surface area (Å²) in [5.41, 5.74) is 0.109. The van der Waals surface area contributed by atoms with Gasteiger partial charge in [-0.2, -0.15) is 8.42 Å². The van der Waals surface area contributed by atoms with Gasteiger partial charge in [-0.1, -0.05) is 0 Å². The van der Waals surface area contributed by atoms with E-state index in [9.17, 15) is 8.42 Å². The highest BCUT2D eigenvalue weighted by atomic mass is 32.2. The first kappa shape index (κ1) is 13.9. The summed E-state index contributed by atoms with van der Waals surface area (Å²) in [7, 11) is -1.77. The highest BCUT2D eigenvalue weighted by Gasteiger charge is 2.16. The average Bonchev–Trinajstić information content (AvgIpc) is 1.93. The first-order valence-electron chi connectivity index (χ1n) is 4.79. The molecule has 0 aliphatic carbocycles. The summed E-state index contributed by atoms with van der Waals surface area (Å²) < 4.78 is 29.3. The number of unbranched alkanes of at least 4 members (excludes halogenated alkanes) is 1. The summed E-state index contributed by atoms with van der Waals surface area (Å²) >= 11 is 0. The molecule has 4 nitrogen and oxygen atoms in total. The van der Waals surface area contributed by atoms with Gasteiger partial charge in [0.2, 0.25) is 0 Å². The van der Waals surface area contributed by atoms with Crippen molar-refractivity contribution in [3.8, 4) is 0 Å². The van der Waals surface area contributed by atoms with E-state index in [-0.39, 0.29) is 11.3 Å². The molecule has 0 spiro atoms. The van der Waals surface area contributed by atoms with Gasteiger partial charge in [0.05, 0.1) is 5.75 Å². The molecule has 0 aliphatic heterocycles. The van der Waals surface area contributed by atoms with E-state index in [1.165, 1.54) is 0 Å². The van der Waals surface area contributed by atoms with Crippen molar-refractivity contribution in [2.24, 2.45) is 0 Å². The first-order chi connectivity index (χ1) is 6.13. The SMILES string of the molecule is CN(CCCCS(=O)(=O)O)C(C)(C)C. The van der Waals surface area contributed by atoms with E-state index in [1.807, 2.05) is 7.05 Å². The van der Waals surface area contributed by atoms with Gasteiger partial charge in [0.1, 0.15) is 0 Å². The summed E-state index contributed by atoms with van der Waals surface area (Å²) in [6.45, 7) is 7.17. The molecule has 0 rings (SSSR count). The fourth-order valence-electron chi connectivity index (χ4n) is 0.969. The Balaban J connectivity index is 3.66. The third kappa shape index (κ3) is 7.29. The highest BCUT2D eigenvalue weighted by molar-refractivity contribution is 7.85. The summed E-state index contributed by atoms with van der Waals surface area (Å²) in [4.78, 5) is 2.16. The molecule has 0 saturated heterocycles. The Labute approximate surface area is 87.0 Å². The van der Waals surface area contributed by atoms with E-state index in [2.05, 4.69) is 25.7 Å². The van der Waals surface area contributed by atoms with Crippen LogP contribution in [0.3, 0.4) is 0 Å². The van der Waals surface area contributed by atoms with E-state index in [0.29, 0.717) is 6.42 Å². The molecule has 0 heterocycles. The molecular formula is C9H21NO3S. The lowest BCUT2D eigenvalue weighted by Gasteiger charge is -2.31. The van der Waals surface area contributed by atoms with Crippen LogP contribution in [0.1, 0.15) is 33.6 Å². The smallest absolute Gasteiger partial charge is 0.264 e. The fourth-order valence-corrected chi connectivity index (χ4v) is 1.54. The van der Waals surface area contributed by atoms with E-state index in [0.717, 1.165) is 13.0 Å². The van der Waals surface area contributed by atoms with Gasteiger partial charge in [-0.25, -0.2) is 0 Å². The standard InChI is InChI=1S/C9H21NO3S/c1-9(2,3)10(4)7-5-6-8-14(11,12)13/h5-8H2,1-4H3,(H,11,12,13). The van der Waals surface area contributed by atoms with Crippen LogP contribution in [-0.4, -0.2) is 42.8 Å². The third-order valence-corrected chi connectivity index (χ3v) is 3.10. The quantitative estimate of drug-likeness (QED) is 0.565. The van der Waals surface area contributed by atoms with Crippen LogP contribution in [0.15, 0.2) is 0 Å². The van der Waals surface area contributed by atoms with Crippen molar-refractivity contribution in [1.29, 1.82) is 0 Å². The maximum atomic E-state index is 10.4. The van der Waals surface area contributed by atoms with Crippen LogP contribution in [0.2, 0.25) is 0 Å². The maximum Gasteiger partial charge on any atom is 0.264 e. The monoisotopic (exact) mass is 223 g/mol. The summed E-state index contributed by atoms with van der Waals surface area (Å²) in [6, 6.07) is 0. The second-order valence-electron chi connectivity index (χ2n) is 4.59.